The summed E-state index contributed by atoms with van der Waals surface area (Å²) in [6.07, 6.45) is 0. The van der Waals surface area contributed by atoms with Gasteiger partial charge in [0, 0.05) is 5.02 Å². The van der Waals surface area contributed by atoms with Crippen LogP contribution in [0.2, 0.25) is 5.02 Å². The third kappa shape index (κ3) is 5.64. The van der Waals surface area contributed by atoms with E-state index in [-0.39, 0.29) is 29.4 Å². The highest BCUT2D eigenvalue weighted by molar-refractivity contribution is 7.99. The standard InChI is InChI=1S/C17H19ClN4O3S/c1-11(2)17(3,10-19)20-14(23)9-26-16-22-21-15(25-16)8-24-13-6-4-12(18)5-7-13/h4-7,11H,8-9H2,1-3H3,(H,20,23). The van der Waals surface area contributed by atoms with Gasteiger partial charge < -0.3 is 14.5 Å². The number of benzene rings is 1. The van der Waals surface area contributed by atoms with E-state index in [1.54, 1.807) is 31.2 Å². The molecule has 0 radical (unpaired) electrons. The van der Waals surface area contributed by atoms with Gasteiger partial charge in [0.15, 0.2) is 6.61 Å². The van der Waals surface area contributed by atoms with Crippen LogP contribution in [0.5, 0.6) is 5.75 Å². The highest BCUT2D eigenvalue weighted by Crippen LogP contribution is 2.20. The second-order valence-electron chi connectivity index (χ2n) is 6.01. The second-order valence-corrected chi connectivity index (χ2v) is 7.37. The molecule has 1 N–H and O–H groups in total. The maximum absolute atomic E-state index is 12.0. The summed E-state index contributed by atoms with van der Waals surface area (Å²) in [5.41, 5.74) is -0.913. The molecule has 1 aromatic heterocycles. The van der Waals surface area contributed by atoms with Crippen LogP contribution in [0.25, 0.3) is 0 Å². The van der Waals surface area contributed by atoms with Crippen molar-refractivity contribution in [1.82, 2.24) is 15.5 Å². The molecule has 0 aliphatic carbocycles. The van der Waals surface area contributed by atoms with Gasteiger partial charge in [-0.1, -0.05) is 37.2 Å². The minimum atomic E-state index is -0.913. The van der Waals surface area contributed by atoms with Crippen molar-refractivity contribution < 1.29 is 13.9 Å². The molecule has 9 heteroatoms. The molecule has 0 saturated carbocycles. The van der Waals surface area contributed by atoms with E-state index in [1.165, 1.54) is 0 Å². The Hall–Kier alpha value is -2.24. The number of rotatable bonds is 8. The zero-order valence-corrected chi connectivity index (χ0v) is 16.2. The Labute approximate surface area is 161 Å². The van der Waals surface area contributed by atoms with Crippen molar-refractivity contribution in [3.05, 3.63) is 35.2 Å². The first-order valence-corrected chi connectivity index (χ1v) is 9.24. The number of aromatic nitrogens is 2. The van der Waals surface area contributed by atoms with Gasteiger partial charge in [-0.05, 0) is 37.1 Å². The zero-order valence-electron chi connectivity index (χ0n) is 14.7. The van der Waals surface area contributed by atoms with Crippen molar-refractivity contribution in [2.75, 3.05) is 5.75 Å². The molecule has 1 atom stereocenters. The summed E-state index contributed by atoms with van der Waals surface area (Å²) < 4.78 is 10.9. The lowest BCUT2D eigenvalue weighted by Gasteiger charge is -2.27. The van der Waals surface area contributed by atoms with Crippen LogP contribution < -0.4 is 10.1 Å². The summed E-state index contributed by atoms with van der Waals surface area (Å²) in [4.78, 5) is 12.0. The van der Waals surface area contributed by atoms with E-state index in [0.29, 0.717) is 16.7 Å². The van der Waals surface area contributed by atoms with Crippen molar-refractivity contribution in [1.29, 1.82) is 5.26 Å². The van der Waals surface area contributed by atoms with E-state index in [1.807, 2.05) is 13.8 Å². The Morgan fingerprint density at radius 3 is 2.73 bits per heavy atom. The second kappa shape index (κ2) is 8.92. The van der Waals surface area contributed by atoms with Crippen LogP contribution >= 0.6 is 23.4 Å². The molecule has 2 aromatic rings. The van der Waals surface area contributed by atoms with E-state index in [0.717, 1.165) is 11.8 Å². The third-order valence-corrected chi connectivity index (χ3v) is 4.81. The molecule has 0 bridgehead atoms. The Kier molecular flexibility index (Phi) is 6.89. The SMILES string of the molecule is CC(C)C(C)(C#N)NC(=O)CSc1nnc(COc2ccc(Cl)cc2)o1. The van der Waals surface area contributed by atoms with Crippen molar-refractivity contribution in [2.24, 2.45) is 5.92 Å². The molecule has 138 valence electrons. The molecule has 26 heavy (non-hydrogen) atoms. The lowest BCUT2D eigenvalue weighted by molar-refractivity contribution is -0.120. The quantitative estimate of drug-likeness (QED) is 0.684. The third-order valence-electron chi connectivity index (χ3n) is 3.74. The molecule has 0 spiro atoms. The summed E-state index contributed by atoms with van der Waals surface area (Å²) >= 11 is 6.91. The smallest absolute Gasteiger partial charge is 0.277 e. The monoisotopic (exact) mass is 394 g/mol. The first kappa shape index (κ1) is 20.1. The summed E-state index contributed by atoms with van der Waals surface area (Å²) in [5, 5.41) is 20.6. The highest BCUT2D eigenvalue weighted by Gasteiger charge is 2.30. The van der Waals surface area contributed by atoms with E-state index < -0.39 is 5.54 Å². The molecular formula is C17H19ClN4O3S. The molecular weight excluding hydrogens is 376 g/mol. The Morgan fingerprint density at radius 2 is 2.12 bits per heavy atom. The number of carbonyl (C=O) groups is 1. The van der Waals surface area contributed by atoms with E-state index in [9.17, 15) is 10.1 Å². The van der Waals surface area contributed by atoms with Crippen molar-refractivity contribution >= 4 is 29.3 Å². The predicted octanol–water partition coefficient (Wildman–Crippen LogP) is 3.45. The predicted molar refractivity (Wildman–Crippen MR) is 97.8 cm³/mol. The lowest BCUT2D eigenvalue weighted by atomic mass is 9.90. The summed E-state index contributed by atoms with van der Waals surface area (Å²) in [7, 11) is 0. The number of hydrogen-bond donors (Lipinski definition) is 1. The van der Waals surface area contributed by atoms with Crippen molar-refractivity contribution in [3.8, 4) is 11.8 Å². The van der Waals surface area contributed by atoms with Gasteiger partial charge in [0.25, 0.3) is 11.1 Å². The molecule has 0 saturated heterocycles. The van der Waals surface area contributed by atoms with Crippen LogP contribution in [0.3, 0.4) is 0 Å². The van der Waals surface area contributed by atoms with Crippen LogP contribution in [0, 0.1) is 17.2 Å². The van der Waals surface area contributed by atoms with E-state index in [4.69, 9.17) is 20.8 Å². The number of nitrogens with zero attached hydrogens (tertiary/aromatic N) is 3. The van der Waals surface area contributed by atoms with Gasteiger partial charge in [0.05, 0.1) is 11.8 Å². The first-order valence-electron chi connectivity index (χ1n) is 7.88. The number of halogens is 1. The average molecular weight is 395 g/mol. The van der Waals surface area contributed by atoms with E-state index in [2.05, 4.69) is 21.6 Å². The number of carbonyl (C=O) groups excluding carboxylic acids is 1. The normalized spacial score (nSPS) is 13.1. The number of thioether (sulfide) groups is 1. The summed E-state index contributed by atoms with van der Waals surface area (Å²) in [6, 6.07) is 9.04. The van der Waals surface area contributed by atoms with Crippen LogP contribution in [0.15, 0.2) is 33.9 Å². The maximum Gasteiger partial charge on any atom is 0.277 e. The largest absolute Gasteiger partial charge is 0.484 e. The molecule has 1 unspecified atom stereocenters. The fourth-order valence-electron chi connectivity index (χ4n) is 1.79. The number of ether oxygens (including phenoxy) is 1. The fourth-order valence-corrected chi connectivity index (χ4v) is 2.49. The molecule has 7 nitrogen and oxygen atoms in total. The van der Waals surface area contributed by atoms with E-state index >= 15 is 0 Å². The number of hydrogen-bond acceptors (Lipinski definition) is 7. The fraction of sp³-hybridized carbons (Fsp3) is 0.412. The molecule has 1 heterocycles. The lowest BCUT2D eigenvalue weighted by Crippen LogP contribution is -2.49. The van der Waals surface area contributed by atoms with Crippen LogP contribution in [-0.2, 0) is 11.4 Å². The molecule has 1 aromatic carbocycles. The minimum absolute atomic E-state index is 0.0125. The van der Waals surface area contributed by atoms with Crippen molar-refractivity contribution in [2.45, 2.75) is 38.1 Å². The highest BCUT2D eigenvalue weighted by atomic mass is 35.5. The van der Waals surface area contributed by atoms with Gasteiger partial charge in [-0.2, -0.15) is 5.26 Å². The maximum atomic E-state index is 12.0. The van der Waals surface area contributed by atoms with Gasteiger partial charge in [-0.15, -0.1) is 10.2 Å². The molecule has 0 aliphatic heterocycles. The van der Waals surface area contributed by atoms with Gasteiger partial charge in [0.1, 0.15) is 11.3 Å². The van der Waals surface area contributed by atoms with Gasteiger partial charge >= 0.3 is 0 Å². The molecule has 0 aliphatic rings. The minimum Gasteiger partial charge on any atom is -0.484 e. The zero-order chi connectivity index (χ0) is 19.2. The Morgan fingerprint density at radius 1 is 1.42 bits per heavy atom. The van der Waals surface area contributed by atoms with Crippen LogP contribution in [-0.4, -0.2) is 27.4 Å². The number of nitriles is 1. The molecule has 2 rings (SSSR count). The first-order chi connectivity index (χ1) is 12.3. The van der Waals surface area contributed by atoms with Gasteiger partial charge in [-0.25, -0.2) is 0 Å². The topological polar surface area (TPSA) is 101 Å². The number of amides is 1. The summed E-state index contributed by atoms with van der Waals surface area (Å²) in [6.45, 7) is 5.56. The average Bonchev–Trinajstić information content (AvgIpc) is 3.07. The van der Waals surface area contributed by atoms with Crippen LogP contribution in [0.1, 0.15) is 26.7 Å². The van der Waals surface area contributed by atoms with Crippen molar-refractivity contribution in [3.63, 3.8) is 0 Å². The number of nitrogens with one attached hydrogen (secondary N) is 1. The Bertz CT molecular complexity index is 788. The molecule has 1 amide bonds. The Balaban J connectivity index is 1.82. The van der Waals surface area contributed by atoms with Crippen LogP contribution in [0.4, 0.5) is 0 Å². The van der Waals surface area contributed by atoms with Gasteiger partial charge in [0.2, 0.25) is 5.91 Å². The van der Waals surface area contributed by atoms with Gasteiger partial charge in [-0.3, -0.25) is 4.79 Å². The summed E-state index contributed by atoms with van der Waals surface area (Å²) in [5.74, 6) is 0.716. The molecule has 0 fully saturated rings.